The Labute approximate surface area is 587 Å². The van der Waals surface area contributed by atoms with Crippen LogP contribution in [0.4, 0.5) is 0 Å². The fraction of sp³-hybridized carbons (Fsp3) is 0.643. The van der Waals surface area contributed by atoms with Crippen molar-refractivity contribution in [2.75, 3.05) is 19.6 Å². The van der Waals surface area contributed by atoms with Crippen LogP contribution in [0.1, 0.15) is 298 Å². The summed E-state index contributed by atoms with van der Waals surface area (Å²) < 4.78 is 26.1. The van der Waals surface area contributed by atoms with Crippen LogP contribution in [-0.2, 0) is 42.9 Å². The Morgan fingerprint density at radius 2 is 0.516 bits per heavy atom. The summed E-state index contributed by atoms with van der Waals surface area (Å²) in [5.41, 5.74) is 0. The van der Waals surface area contributed by atoms with Crippen molar-refractivity contribution in [1.29, 1.82) is 0 Å². The van der Waals surface area contributed by atoms with E-state index in [0.717, 1.165) is 83.1 Å². The van der Waals surface area contributed by atoms with Crippen molar-refractivity contribution < 1.29 is 48.3 Å². The van der Waals surface area contributed by atoms with Gasteiger partial charge in [-0.25, -0.2) is 0 Å². The van der Waals surface area contributed by atoms with Crippen LogP contribution in [0.3, 0.4) is 0 Å². The van der Waals surface area contributed by atoms with Crippen molar-refractivity contribution in [2.24, 2.45) is 0 Å². The summed E-state index contributed by atoms with van der Waals surface area (Å²) >= 11 is 0. The molecule has 0 fully saturated rings. The quantitative estimate of drug-likeness (QED) is 0.0189. The predicted molar refractivity (Wildman–Crippen MR) is 415 cm³/mol. The third-order valence-electron chi connectivity index (χ3n) is 14.7. The van der Waals surface area contributed by atoms with Crippen LogP contribution in [0.25, 0.3) is 0 Å². The number of unbranched alkanes of at least 4 members (excludes halogenated alkanes) is 27. The van der Waals surface area contributed by atoms with E-state index in [1.54, 1.807) is 60.8 Å². The summed E-state index contributed by atoms with van der Waals surface area (Å²) in [6, 6.07) is 0. The molecule has 0 bridgehead atoms. The third kappa shape index (κ3) is 86.2. The number of esters is 4. The maximum Gasteiger partial charge on any atom is 0.306 e. The number of rotatable bonds is 61. The number of ether oxygens (including phenoxy) is 5. The fourth-order valence-corrected chi connectivity index (χ4v) is 8.97. The molecule has 0 aliphatic rings. The fourth-order valence-electron chi connectivity index (χ4n) is 8.97. The first kappa shape index (κ1) is 103. The standard InChI is InChI=1S/C17H30O.C16H31N.2C14H24O2.C12H20O2.C11H18O2.H2O/c1-5-8-9-10-11-12-13-14-15-16(4)18-17(6-2)7-3;1-4-7-8-9-10-11-12-13-16-17(14-5-2)15-6-3;1-4-7-8-9-10-11-12-14(15)16-13(5-2)6-3;1-4-7-8-9-12-14(15)16-13(10-5-2)11-6-3;1-4-7-8-9-10-12(13)14-11(5-2)6-3;1-4-7-8-9-11(12)13-10(5-2)6-3;/h6-7,17H,2-5,8-15H2,1H3;5-6H,2-4,7-16H2,1H3;2*5-6,13H,2-4,7-12H2,1H3;5-6,11H,2-4,7-10H2,1H3;5-6,10H,2-4,7-9H2,1H3;1H2. The average molecular weight is 1330 g/mol. The third-order valence-corrected chi connectivity index (χ3v) is 14.7. The molecule has 0 amide bonds. The van der Waals surface area contributed by atoms with E-state index >= 15 is 0 Å². The molecule has 0 atom stereocenters. The van der Waals surface area contributed by atoms with E-state index in [1.807, 2.05) is 12.2 Å². The van der Waals surface area contributed by atoms with E-state index in [9.17, 15) is 19.2 Å². The predicted octanol–water partition coefficient (Wildman–Crippen LogP) is 23.9. The van der Waals surface area contributed by atoms with Crippen LogP contribution in [0.15, 0.2) is 164 Å². The molecule has 11 heteroatoms. The van der Waals surface area contributed by atoms with Gasteiger partial charge in [0.15, 0.2) is 0 Å². The lowest BCUT2D eigenvalue weighted by molar-refractivity contribution is -0.149. The van der Waals surface area contributed by atoms with E-state index in [1.165, 1.54) is 161 Å². The van der Waals surface area contributed by atoms with Crippen LogP contribution in [0.2, 0.25) is 0 Å². The monoisotopic (exact) mass is 1330 g/mol. The highest BCUT2D eigenvalue weighted by atomic mass is 16.6. The number of carbonyl (C=O) groups is 4. The molecule has 0 rings (SSSR count). The SMILES string of the molecule is C=CC(C=C)OC(=C)CCCCCCCCCC.C=CC(C=C)OC(=O)CCCCC.C=CC(C=C)OC(=O)CCCCCC.C=CC(C=C)OC(=O)CCCCCCCC.C=CCC(CC=C)OC(=O)CCCCCC.C=CCN(CC=C)CCCCCCCCCC.O. The van der Waals surface area contributed by atoms with Crippen molar-refractivity contribution in [3.8, 4) is 0 Å². The van der Waals surface area contributed by atoms with Gasteiger partial charge in [0, 0.05) is 58.0 Å². The molecule has 0 heterocycles. The second kappa shape index (κ2) is 88.2. The maximum atomic E-state index is 11.5. The van der Waals surface area contributed by atoms with E-state index in [-0.39, 0.29) is 59.9 Å². The molecule has 0 aromatic carbocycles. The Morgan fingerprint density at radius 1 is 0.295 bits per heavy atom. The first-order valence-corrected chi connectivity index (χ1v) is 36.8. The zero-order chi connectivity index (χ0) is 71.8. The Bertz CT molecular complexity index is 1820. The van der Waals surface area contributed by atoms with Gasteiger partial charge < -0.3 is 29.2 Å². The minimum absolute atomic E-state index is 0. The molecular weight excluding hydrogens is 1180 g/mol. The summed E-state index contributed by atoms with van der Waals surface area (Å²) in [6.45, 7) is 63.8. The van der Waals surface area contributed by atoms with Gasteiger partial charge in [0.2, 0.25) is 0 Å². The number of hydrogen-bond donors (Lipinski definition) is 0. The number of nitrogens with zero attached hydrogens (tertiary/aromatic N) is 1. The number of allylic oxidation sites excluding steroid dienone is 1. The average Bonchev–Trinajstić information content (AvgIpc) is 3.73. The zero-order valence-electron chi connectivity index (χ0n) is 62.5. The van der Waals surface area contributed by atoms with E-state index < -0.39 is 0 Å². The Morgan fingerprint density at radius 3 is 0.789 bits per heavy atom. The summed E-state index contributed by atoms with van der Waals surface area (Å²) in [6.07, 6.45) is 64.3. The smallest absolute Gasteiger partial charge is 0.306 e. The highest BCUT2D eigenvalue weighted by molar-refractivity contribution is 5.71. The lowest BCUT2D eigenvalue weighted by Gasteiger charge is -2.18. The number of hydrogen-bond acceptors (Lipinski definition) is 10. The molecule has 550 valence electrons. The van der Waals surface area contributed by atoms with Crippen molar-refractivity contribution >= 4 is 23.9 Å². The molecule has 0 aromatic heterocycles. The van der Waals surface area contributed by atoms with Gasteiger partial charge in [-0.05, 0) is 93.7 Å². The molecule has 0 spiro atoms. The summed E-state index contributed by atoms with van der Waals surface area (Å²) in [7, 11) is 0. The van der Waals surface area contributed by atoms with Crippen molar-refractivity contribution in [1.82, 2.24) is 4.90 Å². The minimum atomic E-state index is -0.340. The number of carbonyl (C=O) groups excluding carboxylic acids is 4. The minimum Gasteiger partial charge on any atom is -0.487 e. The normalized spacial score (nSPS) is 10.1. The van der Waals surface area contributed by atoms with Crippen LogP contribution in [0, 0.1) is 0 Å². The highest BCUT2D eigenvalue weighted by Gasteiger charge is 2.12. The van der Waals surface area contributed by atoms with Gasteiger partial charge in [-0.15, -0.1) is 26.3 Å². The van der Waals surface area contributed by atoms with Gasteiger partial charge in [0.25, 0.3) is 0 Å². The second-order valence-corrected chi connectivity index (χ2v) is 23.7. The van der Waals surface area contributed by atoms with Crippen molar-refractivity contribution in [3.05, 3.63) is 164 Å². The largest absolute Gasteiger partial charge is 0.487 e. The Kier molecular flexibility index (Phi) is 95.4. The van der Waals surface area contributed by atoms with Crippen LogP contribution in [-0.4, -0.2) is 84.4 Å². The molecule has 11 nitrogen and oxygen atoms in total. The first-order chi connectivity index (χ1) is 45.5. The Balaban J connectivity index is -0.000000196. The lowest BCUT2D eigenvalue weighted by atomic mass is 10.1. The molecule has 0 saturated heterocycles. The molecule has 0 radical (unpaired) electrons. The van der Waals surface area contributed by atoms with Gasteiger partial charge in [-0.3, -0.25) is 24.1 Å². The highest BCUT2D eigenvalue weighted by Crippen LogP contribution is 2.16. The van der Waals surface area contributed by atoms with Gasteiger partial charge in [-0.1, -0.05) is 298 Å². The topological polar surface area (TPSA) is 149 Å². The van der Waals surface area contributed by atoms with Crippen LogP contribution in [0.5, 0.6) is 0 Å². The lowest BCUT2D eigenvalue weighted by Crippen LogP contribution is -2.24. The molecular formula is C84H149NO10. The molecule has 95 heavy (non-hydrogen) atoms. The summed E-state index contributed by atoms with van der Waals surface area (Å²) in [4.78, 5) is 47.6. The van der Waals surface area contributed by atoms with Crippen molar-refractivity contribution in [2.45, 2.75) is 329 Å². The van der Waals surface area contributed by atoms with Gasteiger partial charge >= 0.3 is 23.9 Å². The Hall–Kier alpha value is -5.78. The van der Waals surface area contributed by atoms with Crippen LogP contribution >= 0.6 is 0 Å². The molecule has 0 saturated carbocycles. The van der Waals surface area contributed by atoms with Gasteiger partial charge in [-0.2, -0.15) is 0 Å². The summed E-state index contributed by atoms with van der Waals surface area (Å²) in [5.74, 6) is 0.278. The van der Waals surface area contributed by atoms with Crippen LogP contribution < -0.4 is 0 Å². The second-order valence-electron chi connectivity index (χ2n) is 23.7. The zero-order valence-corrected chi connectivity index (χ0v) is 62.5. The molecule has 2 N–H and O–H groups in total. The molecule has 0 aliphatic carbocycles. The summed E-state index contributed by atoms with van der Waals surface area (Å²) in [5, 5.41) is 0. The van der Waals surface area contributed by atoms with E-state index in [0.29, 0.717) is 38.5 Å². The molecule has 0 aliphatic heterocycles. The molecule has 0 unspecified atom stereocenters. The van der Waals surface area contributed by atoms with Gasteiger partial charge in [0.1, 0.15) is 30.5 Å². The molecule has 0 aromatic rings. The van der Waals surface area contributed by atoms with Crippen molar-refractivity contribution in [3.63, 3.8) is 0 Å². The maximum absolute atomic E-state index is 11.5. The van der Waals surface area contributed by atoms with E-state index in [4.69, 9.17) is 23.7 Å². The van der Waals surface area contributed by atoms with Gasteiger partial charge in [0.05, 0.1) is 5.76 Å². The first-order valence-electron chi connectivity index (χ1n) is 36.8. The van der Waals surface area contributed by atoms with E-state index in [2.05, 4.69) is 132 Å².